The number of hydrogen-bond acceptors (Lipinski definition) is 4. The minimum atomic E-state index is -0.526. The maximum absolute atomic E-state index is 11.7. The van der Waals surface area contributed by atoms with Gasteiger partial charge >= 0.3 is 0 Å². The van der Waals surface area contributed by atoms with E-state index in [4.69, 9.17) is 15.3 Å². The summed E-state index contributed by atoms with van der Waals surface area (Å²) in [6.45, 7) is 2.35. The van der Waals surface area contributed by atoms with Crippen LogP contribution in [0.1, 0.15) is 19.8 Å². The molecule has 0 spiro atoms. The second-order valence-corrected chi connectivity index (χ2v) is 3.02. The van der Waals surface area contributed by atoms with E-state index in [1.165, 1.54) is 12.0 Å². The molecule has 0 radical (unpaired) electrons. The molecular formula is C10H15N3O2. The number of carbonyl (C=O) groups excluding carboxylic acids is 1. The lowest BCUT2D eigenvalue weighted by Gasteiger charge is -2.23. The van der Waals surface area contributed by atoms with Crippen LogP contribution < -0.4 is 0 Å². The predicted octanol–water partition coefficient (Wildman–Crippen LogP) is 0.677. The number of nitriles is 2. The normalized spacial score (nSPS) is 11.2. The van der Waals surface area contributed by atoms with Gasteiger partial charge in [0.2, 0.25) is 0 Å². The van der Waals surface area contributed by atoms with Crippen molar-refractivity contribution in [1.29, 1.82) is 10.5 Å². The molecule has 82 valence electrons. The van der Waals surface area contributed by atoms with Gasteiger partial charge < -0.3 is 9.64 Å². The van der Waals surface area contributed by atoms with Crippen molar-refractivity contribution in [1.82, 2.24) is 4.90 Å². The number of ether oxygens (including phenoxy) is 1. The van der Waals surface area contributed by atoms with Crippen LogP contribution in [0.2, 0.25) is 0 Å². The third-order valence-electron chi connectivity index (χ3n) is 2.00. The van der Waals surface area contributed by atoms with E-state index >= 15 is 0 Å². The molecule has 1 atom stereocenters. The molecule has 0 aromatic heterocycles. The van der Waals surface area contributed by atoms with Gasteiger partial charge in [0.15, 0.2) is 0 Å². The summed E-state index contributed by atoms with van der Waals surface area (Å²) in [6, 6.07) is 3.94. The van der Waals surface area contributed by atoms with Crippen molar-refractivity contribution in [2.45, 2.75) is 25.9 Å². The maximum Gasteiger partial charge on any atom is 0.251 e. The first-order chi connectivity index (χ1) is 7.17. The summed E-state index contributed by atoms with van der Waals surface area (Å²) in [5.41, 5.74) is 0. The van der Waals surface area contributed by atoms with Gasteiger partial charge in [-0.15, -0.1) is 0 Å². The molecule has 1 unspecified atom stereocenters. The van der Waals surface area contributed by atoms with Gasteiger partial charge in [-0.1, -0.05) is 0 Å². The van der Waals surface area contributed by atoms with Gasteiger partial charge in [-0.3, -0.25) is 4.79 Å². The van der Waals surface area contributed by atoms with Crippen LogP contribution >= 0.6 is 0 Å². The van der Waals surface area contributed by atoms with Gasteiger partial charge in [0.05, 0.1) is 25.0 Å². The molecule has 0 saturated heterocycles. The van der Waals surface area contributed by atoms with Crippen LogP contribution in [0.15, 0.2) is 0 Å². The monoisotopic (exact) mass is 209 g/mol. The molecule has 0 rings (SSSR count). The molecule has 0 N–H and O–H groups in total. The Balaban J connectivity index is 4.28. The Hall–Kier alpha value is -1.59. The fourth-order valence-corrected chi connectivity index (χ4v) is 1.06. The molecule has 0 aromatic carbocycles. The zero-order valence-corrected chi connectivity index (χ0v) is 9.06. The Morgan fingerprint density at radius 3 is 2.13 bits per heavy atom. The number of amides is 1. The summed E-state index contributed by atoms with van der Waals surface area (Å²) in [4.78, 5) is 13.2. The highest BCUT2D eigenvalue weighted by Crippen LogP contribution is 2.01. The van der Waals surface area contributed by atoms with Crippen LogP contribution in [0.25, 0.3) is 0 Å². The third kappa shape index (κ3) is 4.99. The molecule has 5 nitrogen and oxygen atoms in total. The van der Waals surface area contributed by atoms with Crippen molar-refractivity contribution in [2.75, 3.05) is 20.2 Å². The van der Waals surface area contributed by atoms with E-state index in [0.717, 1.165) is 0 Å². The first-order valence-electron chi connectivity index (χ1n) is 4.72. The van der Waals surface area contributed by atoms with Gasteiger partial charge in [0.1, 0.15) is 6.10 Å². The van der Waals surface area contributed by atoms with E-state index in [-0.39, 0.29) is 18.7 Å². The lowest BCUT2D eigenvalue weighted by Crippen LogP contribution is -2.39. The molecule has 15 heavy (non-hydrogen) atoms. The predicted molar refractivity (Wildman–Crippen MR) is 53.5 cm³/mol. The molecular weight excluding hydrogens is 194 g/mol. The SMILES string of the molecule is COC(C)C(=O)N(CCC#N)CCC#N. The third-order valence-corrected chi connectivity index (χ3v) is 2.00. The zero-order chi connectivity index (χ0) is 11.7. The van der Waals surface area contributed by atoms with Crippen LogP contribution in [0.3, 0.4) is 0 Å². The second kappa shape index (κ2) is 7.78. The quantitative estimate of drug-likeness (QED) is 0.644. The Morgan fingerprint density at radius 2 is 1.80 bits per heavy atom. The number of rotatable bonds is 6. The topological polar surface area (TPSA) is 77.1 Å². The van der Waals surface area contributed by atoms with E-state index in [1.54, 1.807) is 6.92 Å². The Kier molecular flexibility index (Phi) is 6.96. The van der Waals surface area contributed by atoms with Gasteiger partial charge in [-0.25, -0.2) is 0 Å². The lowest BCUT2D eigenvalue weighted by molar-refractivity contribution is -0.140. The molecule has 0 aliphatic rings. The molecule has 0 aromatic rings. The van der Waals surface area contributed by atoms with E-state index in [0.29, 0.717) is 13.1 Å². The number of nitrogens with zero attached hydrogens (tertiary/aromatic N) is 3. The minimum Gasteiger partial charge on any atom is -0.372 e. The largest absolute Gasteiger partial charge is 0.372 e. The van der Waals surface area contributed by atoms with Crippen molar-refractivity contribution in [2.24, 2.45) is 0 Å². The van der Waals surface area contributed by atoms with Crippen LogP contribution in [-0.2, 0) is 9.53 Å². The molecule has 0 aliphatic carbocycles. The summed E-state index contributed by atoms with van der Waals surface area (Å²) >= 11 is 0. The Bertz CT molecular complexity index is 259. The zero-order valence-electron chi connectivity index (χ0n) is 9.06. The summed E-state index contributed by atoms with van der Waals surface area (Å²) in [6.07, 6.45) is 0.0173. The Labute approximate surface area is 89.8 Å². The number of carbonyl (C=O) groups is 1. The molecule has 1 amide bonds. The minimum absolute atomic E-state index is 0.178. The van der Waals surface area contributed by atoms with Crippen LogP contribution in [0.5, 0.6) is 0 Å². The van der Waals surface area contributed by atoms with Gasteiger partial charge in [-0.05, 0) is 6.92 Å². The average Bonchev–Trinajstić information content (AvgIpc) is 2.27. The first kappa shape index (κ1) is 13.4. The van der Waals surface area contributed by atoms with Crippen molar-refractivity contribution in [3.63, 3.8) is 0 Å². The number of methoxy groups -OCH3 is 1. The highest BCUT2D eigenvalue weighted by atomic mass is 16.5. The Morgan fingerprint density at radius 1 is 1.33 bits per heavy atom. The highest BCUT2D eigenvalue weighted by Gasteiger charge is 2.19. The highest BCUT2D eigenvalue weighted by molar-refractivity contribution is 5.80. The summed E-state index contributed by atoms with van der Waals surface area (Å²) in [5.74, 6) is -0.178. The fraction of sp³-hybridized carbons (Fsp3) is 0.700. The molecule has 0 bridgehead atoms. The summed E-state index contributed by atoms with van der Waals surface area (Å²) in [5, 5.41) is 16.9. The van der Waals surface area contributed by atoms with Gasteiger partial charge in [0.25, 0.3) is 5.91 Å². The lowest BCUT2D eigenvalue weighted by atomic mass is 10.3. The molecule has 0 aliphatic heterocycles. The van der Waals surface area contributed by atoms with Crippen LogP contribution in [-0.4, -0.2) is 37.1 Å². The van der Waals surface area contributed by atoms with Crippen LogP contribution in [0, 0.1) is 22.7 Å². The number of hydrogen-bond donors (Lipinski definition) is 0. The molecule has 0 saturated carbocycles. The van der Waals surface area contributed by atoms with Gasteiger partial charge in [0, 0.05) is 20.2 Å². The van der Waals surface area contributed by atoms with E-state index < -0.39 is 6.10 Å². The smallest absolute Gasteiger partial charge is 0.251 e. The van der Waals surface area contributed by atoms with Gasteiger partial charge in [-0.2, -0.15) is 10.5 Å². The van der Waals surface area contributed by atoms with Crippen molar-refractivity contribution in [3.05, 3.63) is 0 Å². The van der Waals surface area contributed by atoms with Crippen LogP contribution in [0.4, 0.5) is 0 Å². The maximum atomic E-state index is 11.7. The fourth-order valence-electron chi connectivity index (χ4n) is 1.06. The second-order valence-electron chi connectivity index (χ2n) is 3.02. The molecule has 0 heterocycles. The summed E-state index contributed by atoms with van der Waals surface area (Å²) in [7, 11) is 1.45. The first-order valence-corrected chi connectivity index (χ1v) is 4.72. The van der Waals surface area contributed by atoms with Crippen molar-refractivity contribution >= 4 is 5.91 Å². The van der Waals surface area contributed by atoms with E-state index in [9.17, 15) is 4.79 Å². The van der Waals surface area contributed by atoms with E-state index in [2.05, 4.69) is 0 Å². The summed E-state index contributed by atoms with van der Waals surface area (Å²) < 4.78 is 4.90. The average molecular weight is 209 g/mol. The molecule has 5 heteroatoms. The van der Waals surface area contributed by atoms with Crippen molar-refractivity contribution < 1.29 is 9.53 Å². The standard InChI is InChI=1S/C10H15N3O2/c1-9(15-2)10(14)13(7-3-5-11)8-4-6-12/h9H,3-4,7-8H2,1-2H3. The molecule has 0 fully saturated rings. The van der Waals surface area contributed by atoms with Crippen molar-refractivity contribution in [3.8, 4) is 12.1 Å². The van der Waals surface area contributed by atoms with E-state index in [1.807, 2.05) is 12.1 Å².